The van der Waals surface area contributed by atoms with Gasteiger partial charge in [-0.2, -0.15) is 0 Å². The van der Waals surface area contributed by atoms with E-state index >= 15 is 0 Å². The number of carboxylic acids is 1. The Balaban J connectivity index is 1.56. The Morgan fingerprint density at radius 2 is 1.74 bits per heavy atom. The first-order valence-corrected chi connectivity index (χ1v) is 8.32. The summed E-state index contributed by atoms with van der Waals surface area (Å²) in [4.78, 5) is 13.4. The van der Waals surface area contributed by atoms with Gasteiger partial charge in [0.15, 0.2) is 0 Å². The molecule has 1 unspecified atom stereocenters. The molecular formula is C20H23NO2. The molecule has 1 aliphatic rings. The zero-order chi connectivity index (χ0) is 16.1. The second kappa shape index (κ2) is 7.42. The molecule has 1 atom stereocenters. The van der Waals surface area contributed by atoms with Gasteiger partial charge in [0.1, 0.15) is 0 Å². The van der Waals surface area contributed by atoms with Crippen LogP contribution in [0.4, 0.5) is 0 Å². The summed E-state index contributed by atoms with van der Waals surface area (Å²) < 4.78 is 0. The summed E-state index contributed by atoms with van der Waals surface area (Å²) in [6.07, 6.45) is 2.78. The topological polar surface area (TPSA) is 40.5 Å². The number of carboxylic acid groups (broad SMARTS) is 1. The van der Waals surface area contributed by atoms with E-state index in [0.717, 1.165) is 32.4 Å². The Morgan fingerprint density at radius 1 is 1.04 bits per heavy atom. The van der Waals surface area contributed by atoms with E-state index in [9.17, 15) is 4.79 Å². The number of aliphatic carboxylic acids is 1. The largest absolute Gasteiger partial charge is 0.481 e. The second-order valence-electron chi connectivity index (χ2n) is 6.29. The fraction of sp³-hybridized carbons (Fsp3) is 0.350. The summed E-state index contributed by atoms with van der Waals surface area (Å²) in [7, 11) is 0. The van der Waals surface area contributed by atoms with Crippen molar-refractivity contribution in [2.24, 2.45) is 5.92 Å². The summed E-state index contributed by atoms with van der Waals surface area (Å²) >= 11 is 0. The quantitative estimate of drug-likeness (QED) is 0.915. The van der Waals surface area contributed by atoms with Gasteiger partial charge in [0, 0.05) is 13.1 Å². The minimum absolute atomic E-state index is 0.191. The van der Waals surface area contributed by atoms with E-state index in [1.165, 1.54) is 16.7 Å². The second-order valence-corrected chi connectivity index (χ2v) is 6.29. The molecule has 1 heterocycles. The maximum absolute atomic E-state index is 11.1. The van der Waals surface area contributed by atoms with Crippen molar-refractivity contribution in [2.75, 3.05) is 19.6 Å². The van der Waals surface area contributed by atoms with Crippen LogP contribution in [-0.2, 0) is 11.2 Å². The molecule has 1 fully saturated rings. The highest BCUT2D eigenvalue weighted by atomic mass is 16.4. The van der Waals surface area contributed by atoms with Crippen LogP contribution in [0.1, 0.15) is 18.4 Å². The van der Waals surface area contributed by atoms with Gasteiger partial charge >= 0.3 is 5.97 Å². The van der Waals surface area contributed by atoms with Crippen molar-refractivity contribution >= 4 is 5.97 Å². The molecule has 2 aromatic rings. The lowest BCUT2D eigenvalue weighted by Gasteiger charge is -2.30. The van der Waals surface area contributed by atoms with E-state index in [4.69, 9.17) is 5.11 Å². The normalized spacial score (nSPS) is 18.7. The van der Waals surface area contributed by atoms with Gasteiger partial charge in [0.2, 0.25) is 0 Å². The molecule has 0 aliphatic carbocycles. The van der Waals surface area contributed by atoms with Crippen molar-refractivity contribution < 1.29 is 9.90 Å². The van der Waals surface area contributed by atoms with Crippen LogP contribution in [0.25, 0.3) is 11.1 Å². The lowest BCUT2D eigenvalue weighted by molar-refractivity contribution is -0.143. The molecule has 1 saturated heterocycles. The zero-order valence-electron chi connectivity index (χ0n) is 13.3. The van der Waals surface area contributed by atoms with Gasteiger partial charge in [0.05, 0.1) is 5.92 Å². The van der Waals surface area contributed by atoms with Gasteiger partial charge in [-0.15, -0.1) is 0 Å². The van der Waals surface area contributed by atoms with Crippen LogP contribution < -0.4 is 0 Å². The molecule has 23 heavy (non-hydrogen) atoms. The van der Waals surface area contributed by atoms with Crippen molar-refractivity contribution in [1.29, 1.82) is 0 Å². The van der Waals surface area contributed by atoms with Crippen molar-refractivity contribution in [3.63, 3.8) is 0 Å². The average molecular weight is 309 g/mol. The van der Waals surface area contributed by atoms with Crippen LogP contribution in [0.3, 0.4) is 0 Å². The molecule has 2 aromatic carbocycles. The summed E-state index contributed by atoms with van der Waals surface area (Å²) in [5.41, 5.74) is 3.78. The van der Waals surface area contributed by atoms with Gasteiger partial charge in [0.25, 0.3) is 0 Å². The Hall–Kier alpha value is -2.13. The summed E-state index contributed by atoms with van der Waals surface area (Å²) in [6, 6.07) is 19.1. The van der Waals surface area contributed by atoms with Gasteiger partial charge in [-0.25, -0.2) is 0 Å². The third-order valence-corrected chi connectivity index (χ3v) is 4.63. The smallest absolute Gasteiger partial charge is 0.307 e. The molecule has 0 aromatic heterocycles. The predicted octanol–water partition coefficient (Wildman–Crippen LogP) is 3.69. The minimum atomic E-state index is -0.651. The van der Waals surface area contributed by atoms with Crippen molar-refractivity contribution in [3.8, 4) is 11.1 Å². The SMILES string of the molecule is O=C(O)C1CCCN(CCc2ccc(-c3ccccc3)cc2)C1. The van der Waals surface area contributed by atoms with E-state index in [1.807, 2.05) is 6.07 Å². The average Bonchev–Trinajstić information content (AvgIpc) is 2.61. The third kappa shape index (κ3) is 4.20. The maximum atomic E-state index is 11.1. The molecule has 0 spiro atoms. The summed E-state index contributed by atoms with van der Waals surface area (Å²) in [5.74, 6) is -0.842. The van der Waals surface area contributed by atoms with Crippen LogP contribution in [0.2, 0.25) is 0 Å². The Bertz CT molecular complexity index is 636. The zero-order valence-corrected chi connectivity index (χ0v) is 13.3. The van der Waals surface area contributed by atoms with Gasteiger partial charge in [-0.1, -0.05) is 54.6 Å². The summed E-state index contributed by atoms with van der Waals surface area (Å²) in [5, 5.41) is 9.15. The first-order valence-electron chi connectivity index (χ1n) is 8.32. The highest BCUT2D eigenvalue weighted by Gasteiger charge is 2.24. The van der Waals surface area contributed by atoms with E-state index in [0.29, 0.717) is 6.54 Å². The molecule has 3 rings (SSSR count). The molecule has 3 nitrogen and oxygen atoms in total. The Kier molecular flexibility index (Phi) is 5.09. The maximum Gasteiger partial charge on any atom is 0.307 e. The molecule has 0 radical (unpaired) electrons. The van der Waals surface area contributed by atoms with Gasteiger partial charge in [-0.3, -0.25) is 4.79 Å². The number of rotatable bonds is 5. The number of piperidine rings is 1. The number of carbonyl (C=O) groups is 1. The van der Waals surface area contributed by atoms with Crippen LogP contribution in [0, 0.1) is 5.92 Å². The molecule has 0 amide bonds. The first kappa shape index (κ1) is 15.8. The predicted molar refractivity (Wildman–Crippen MR) is 92.4 cm³/mol. The van der Waals surface area contributed by atoms with E-state index < -0.39 is 5.97 Å². The van der Waals surface area contributed by atoms with E-state index in [1.54, 1.807) is 0 Å². The van der Waals surface area contributed by atoms with Crippen molar-refractivity contribution in [2.45, 2.75) is 19.3 Å². The Morgan fingerprint density at radius 3 is 2.43 bits per heavy atom. The molecule has 3 heteroatoms. The highest BCUT2D eigenvalue weighted by molar-refractivity contribution is 5.70. The van der Waals surface area contributed by atoms with Crippen LogP contribution in [0.15, 0.2) is 54.6 Å². The van der Waals surface area contributed by atoms with Crippen LogP contribution >= 0.6 is 0 Å². The first-order chi connectivity index (χ1) is 11.2. The van der Waals surface area contributed by atoms with Gasteiger partial charge in [-0.05, 0) is 42.5 Å². The van der Waals surface area contributed by atoms with E-state index in [-0.39, 0.29) is 5.92 Å². The fourth-order valence-electron chi connectivity index (χ4n) is 3.24. The van der Waals surface area contributed by atoms with Gasteiger partial charge < -0.3 is 10.0 Å². The molecule has 120 valence electrons. The highest BCUT2D eigenvalue weighted by Crippen LogP contribution is 2.20. The third-order valence-electron chi connectivity index (χ3n) is 4.63. The fourth-order valence-corrected chi connectivity index (χ4v) is 3.24. The van der Waals surface area contributed by atoms with Crippen molar-refractivity contribution in [1.82, 2.24) is 4.90 Å². The van der Waals surface area contributed by atoms with Crippen LogP contribution in [0.5, 0.6) is 0 Å². The lowest BCUT2D eigenvalue weighted by Crippen LogP contribution is -2.39. The number of hydrogen-bond acceptors (Lipinski definition) is 2. The Labute approximate surface area is 137 Å². The number of likely N-dealkylation sites (tertiary alicyclic amines) is 1. The number of hydrogen-bond donors (Lipinski definition) is 1. The molecule has 0 bridgehead atoms. The number of benzene rings is 2. The van der Waals surface area contributed by atoms with Crippen LogP contribution in [-0.4, -0.2) is 35.6 Å². The standard InChI is InChI=1S/C20H23NO2/c22-20(23)19-7-4-13-21(15-19)14-12-16-8-10-18(11-9-16)17-5-2-1-3-6-17/h1-3,5-6,8-11,19H,4,7,12-15H2,(H,22,23). The summed E-state index contributed by atoms with van der Waals surface area (Å²) in [6.45, 7) is 2.65. The number of nitrogens with zero attached hydrogens (tertiary/aromatic N) is 1. The molecular weight excluding hydrogens is 286 g/mol. The monoisotopic (exact) mass is 309 g/mol. The lowest BCUT2D eigenvalue weighted by atomic mass is 9.97. The van der Waals surface area contributed by atoms with Crippen molar-refractivity contribution in [3.05, 3.63) is 60.2 Å². The van der Waals surface area contributed by atoms with E-state index in [2.05, 4.69) is 53.4 Å². The minimum Gasteiger partial charge on any atom is -0.481 e. The molecule has 1 N–H and O–H groups in total. The molecule has 0 saturated carbocycles. The molecule has 1 aliphatic heterocycles.